The fourth-order valence-corrected chi connectivity index (χ4v) is 8.98. The zero-order valence-electron chi connectivity index (χ0n) is 35.6. The molecule has 52 heavy (non-hydrogen) atoms. The number of rotatable bonds is 36. The molecule has 6 heteroatoms. The summed E-state index contributed by atoms with van der Waals surface area (Å²) in [6, 6.07) is 0. The average molecular weight is 752 g/mol. The Kier molecular flexibility index (Phi) is 30.8. The van der Waals surface area contributed by atoms with Gasteiger partial charge < -0.3 is 9.47 Å². The minimum atomic E-state index is -0.442. The molecule has 1 saturated heterocycles. The summed E-state index contributed by atoms with van der Waals surface area (Å²) in [4.78, 5) is 27.1. The van der Waals surface area contributed by atoms with Crippen molar-refractivity contribution in [2.75, 3.05) is 13.2 Å². The second kappa shape index (κ2) is 32.5. The number of hydrogen-bond donors (Lipinski definition) is 1. The van der Waals surface area contributed by atoms with E-state index >= 15 is 0 Å². The molecule has 0 spiro atoms. The maximum absolute atomic E-state index is 12.7. The van der Waals surface area contributed by atoms with Crippen LogP contribution in [0.25, 0.3) is 0 Å². The molecule has 0 aromatic heterocycles. The highest BCUT2D eigenvalue weighted by atomic mass is 32.1. The van der Waals surface area contributed by atoms with Crippen LogP contribution in [0.5, 0.6) is 0 Å². The number of carbonyl (C=O) groups is 2. The fraction of sp³-hybridized carbons (Fsp3) is 0.957. The van der Waals surface area contributed by atoms with E-state index in [9.17, 15) is 9.59 Å². The topological polar surface area (TPSA) is 55.8 Å². The predicted octanol–water partition coefficient (Wildman–Crippen LogP) is 14.5. The van der Waals surface area contributed by atoms with E-state index in [4.69, 9.17) is 22.1 Å². The lowest BCUT2D eigenvalue weighted by molar-refractivity contribution is -0.159. The standard InChI is InChI=1S/C46H89NO4S/c1-6-8-10-12-14-16-18-20-22-24-26-28-30-32-34-36-43(48)50-39-38-47-45(3,4)40-42(41-46(47,5)52)51-44(49)37-35-33-31-29-27-25-23-21-19-17-15-13-11-9-7-2/h42,52H,6-41H2,1-5H3. The highest BCUT2D eigenvalue weighted by Gasteiger charge is 2.47. The maximum Gasteiger partial charge on any atom is 0.306 e. The minimum Gasteiger partial charge on any atom is -0.464 e. The van der Waals surface area contributed by atoms with Crippen LogP contribution in [0.3, 0.4) is 0 Å². The largest absolute Gasteiger partial charge is 0.464 e. The molecule has 1 aliphatic rings. The zero-order valence-corrected chi connectivity index (χ0v) is 36.5. The third kappa shape index (κ3) is 26.9. The summed E-state index contributed by atoms with van der Waals surface area (Å²) in [5.41, 5.74) is -0.213. The lowest BCUT2D eigenvalue weighted by Crippen LogP contribution is -2.62. The highest BCUT2D eigenvalue weighted by molar-refractivity contribution is 7.81. The molecule has 0 saturated carbocycles. The van der Waals surface area contributed by atoms with Crippen LogP contribution >= 0.6 is 12.6 Å². The van der Waals surface area contributed by atoms with E-state index in [0.717, 1.165) is 32.1 Å². The van der Waals surface area contributed by atoms with Crippen LogP contribution < -0.4 is 0 Å². The molecule has 0 aromatic carbocycles. The molecule has 0 radical (unpaired) electrons. The molecule has 0 bridgehead atoms. The number of unbranched alkanes of at least 4 members (excludes halogenated alkanes) is 28. The number of hydrogen-bond acceptors (Lipinski definition) is 6. The average Bonchev–Trinajstić information content (AvgIpc) is 3.09. The molecular weight excluding hydrogens is 663 g/mol. The van der Waals surface area contributed by atoms with Crippen molar-refractivity contribution in [3.8, 4) is 0 Å². The first-order valence-corrected chi connectivity index (χ1v) is 23.4. The number of ether oxygens (including phenoxy) is 2. The third-order valence-electron chi connectivity index (χ3n) is 11.5. The first-order chi connectivity index (χ1) is 25.1. The molecule has 1 rings (SSSR count). The monoisotopic (exact) mass is 752 g/mol. The second-order valence-electron chi connectivity index (χ2n) is 17.3. The van der Waals surface area contributed by atoms with E-state index in [-0.39, 0.29) is 23.6 Å². The Morgan fingerprint density at radius 2 is 0.846 bits per heavy atom. The molecule has 0 aliphatic carbocycles. The van der Waals surface area contributed by atoms with Gasteiger partial charge in [0.1, 0.15) is 12.7 Å². The van der Waals surface area contributed by atoms with E-state index in [0.29, 0.717) is 32.4 Å². The molecular formula is C46H89NO4S. The normalized spacial score (nSPS) is 18.8. The summed E-state index contributed by atoms with van der Waals surface area (Å²) >= 11 is 5.03. The van der Waals surface area contributed by atoms with E-state index < -0.39 is 4.87 Å². The van der Waals surface area contributed by atoms with Gasteiger partial charge in [-0.1, -0.05) is 194 Å². The fourth-order valence-electron chi connectivity index (χ4n) is 8.41. The quantitative estimate of drug-likeness (QED) is 0.0392. The van der Waals surface area contributed by atoms with Crippen molar-refractivity contribution in [2.24, 2.45) is 0 Å². The van der Waals surface area contributed by atoms with Crippen LogP contribution in [0.2, 0.25) is 0 Å². The number of likely N-dealkylation sites (tertiary alicyclic amines) is 1. The molecule has 0 N–H and O–H groups in total. The van der Waals surface area contributed by atoms with Gasteiger partial charge in [0.2, 0.25) is 0 Å². The Hall–Kier alpha value is -0.750. The van der Waals surface area contributed by atoms with Crippen LogP contribution in [0.4, 0.5) is 0 Å². The molecule has 2 unspecified atom stereocenters. The predicted molar refractivity (Wildman–Crippen MR) is 227 cm³/mol. The molecule has 1 heterocycles. The van der Waals surface area contributed by atoms with Crippen molar-refractivity contribution >= 4 is 24.6 Å². The molecule has 1 aliphatic heterocycles. The minimum absolute atomic E-state index is 0.0687. The van der Waals surface area contributed by atoms with Gasteiger partial charge in [-0.2, -0.15) is 12.6 Å². The Balaban J connectivity index is 2.07. The third-order valence-corrected chi connectivity index (χ3v) is 11.9. The van der Waals surface area contributed by atoms with Gasteiger partial charge in [0.05, 0.1) is 4.87 Å². The molecule has 0 amide bonds. The van der Waals surface area contributed by atoms with E-state index in [1.165, 1.54) is 167 Å². The zero-order chi connectivity index (χ0) is 38.2. The van der Waals surface area contributed by atoms with Crippen LogP contribution in [-0.2, 0) is 19.1 Å². The number of piperidine rings is 1. The summed E-state index contributed by atoms with van der Waals surface area (Å²) in [6.45, 7) is 12.1. The summed E-state index contributed by atoms with van der Waals surface area (Å²) in [5, 5.41) is 0. The van der Waals surface area contributed by atoms with Crippen LogP contribution in [0, 0.1) is 0 Å². The Morgan fingerprint density at radius 1 is 0.519 bits per heavy atom. The molecule has 308 valence electrons. The van der Waals surface area contributed by atoms with Crippen molar-refractivity contribution in [2.45, 2.75) is 269 Å². The maximum atomic E-state index is 12.7. The van der Waals surface area contributed by atoms with Gasteiger partial charge in [0, 0.05) is 37.8 Å². The van der Waals surface area contributed by atoms with Crippen molar-refractivity contribution in [3.63, 3.8) is 0 Å². The summed E-state index contributed by atoms with van der Waals surface area (Å²) < 4.78 is 11.7. The number of nitrogens with zero attached hydrogens (tertiary/aromatic N) is 1. The summed E-state index contributed by atoms with van der Waals surface area (Å²) in [7, 11) is 0. The lowest BCUT2D eigenvalue weighted by atomic mass is 9.84. The van der Waals surface area contributed by atoms with Crippen molar-refractivity contribution in [1.82, 2.24) is 4.90 Å². The number of thiol groups is 1. The number of carbonyl (C=O) groups excluding carboxylic acids is 2. The van der Waals surface area contributed by atoms with Gasteiger partial charge in [-0.25, -0.2) is 0 Å². The number of esters is 2. The SMILES string of the molecule is CCCCCCCCCCCCCCCCCC(=O)OCCN1C(C)(C)CC(OC(=O)CCCCCCCCCCCCCCCCC)CC1(C)S. The van der Waals surface area contributed by atoms with Crippen LogP contribution in [-0.4, -0.2) is 46.5 Å². The van der Waals surface area contributed by atoms with Gasteiger partial charge >= 0.3 is 11.9 Å². The molecule has 5 nitrogen and oxygen atoms in total. The van der Waals surface area contributed by atoms with Crippen LogP contribution in [0.1, 0.15) is 253 Å². The van der Waals surface area contributed by atoms with Crippen LogP contribution in [0.15, 0.2) is 0 Å². The molecule has 0 aromatic rings. The Bertz CT molecular complexity index is 828. The van der Waals surface area contributed by atoms with Gasteiger partial charge in [-0.05, 0) is 33.6 Å². The van der Waals surface area contributed by atoms with Gasteiger partial charge in [-0.15, -0.1) is 0 Å². The smallest absolute Gasteiger partial charge is 0.306 e. The van der Waals surface area contributed by atoms with E-state index in [2.05, 4.69) is 39.5 Å². The lowest BCUT2D eigenvalue weighted by Gasteiger charge is -2.54. The Morgan fingerprint density at radius 3 is 1.19 bits per heavy atom. The van der Waals surface area contributed by atoms with E-state index in [1.807, 2.05) is 0 Å². The summed E-state index contributed by atoms with van der Waals surface area (Å²) in [6.07, 6.45) is 42.0. The van der Waals surface area contributed by atoms with E-state index in [1.54, 1.807) is 0 Å². The first-order valence-electron chi connectivity index (χ1n) is 23.0. The highest BCUT2D eigenvalue weighted by Crippen LogP contribution is 2.41. The second-order valence-corrected chi connectivity index (χ2v) is 18.3. The molecule has 1 fully saturated rings. The van der Waals surface area contributed by atoms with Gasteiger partial charge in [0.15, 0.2) is 0 Å². The summed E-state index contributed by atoms with van der Waals surface area (Å²) in [5.74, 6) is -0.156. The van der Waals surface area contributed by atoms with Gasteiger partial charge in [-0.3, -0.25) is 14.5 Å². The Labute approximate surface area is 330 Å². The molecule has 2 atom stereocenters. The van der Waals surface area contributed by atoms with Crippen molar-refractivity contribution in [1.29, 1.82) is 0 Å². The van der Waals surface area contributed by atoms with Gasteiger partial charge in [0.25, 0.3) is 0 Å². The van der Waals surface area contributed by atoms with Crippen molar-refractivity contribution in [3.05, 3.63) is 0 Å². The first kappa shape index (κ1) is 49.3. The van der Waals surface area contributed by atoms with Crippen molar-refractivity contribution < 1.29 is 19.1 Å².